The number of hydrogen-bond donors (Lipinski definition) is 4. The Balaban J connectivity index is 2.42. The van der Waals surface area contributed by atoms with E-state index < -0.39 is 9.85 Å². The molecule has 0 amide bonds. The Morgan fingerprint density at radius 3 is 1.46 bits per heavy atom. The number of nitrogens with zero attached hydrogens (tertiary/aromatic N) is 2. The number of phenols is 2. The number of nitro groups is 2. The molecule has 0 saturated carbocycles. The van der Waals surface area contributed by atoms with Crippen LogP contribution in [0.1, 0.15) is 11.1 Å². The van der Waals surface area contributed by atoms with Crippen LogP contribution in [-0.4, -0.2) is 20.1 Å². The summed E-state index contributed by atoms with van der Waals surface area (Å²) in [6.45, 7) is 0. The molecular weight excluding hydrogens is 344 g/mol. The summed E-state index contributed by atoms with van der Waals surface area (Å²) in [5.74, 6) is -0.492. The summed E-state index contributed by atoms with van der Waals surface area (Å²) in [5, 5.41) is 41.2. The highest BCUT2D eigenvalue weighted by Crippen LogP contribution is 2.27. The summed E-state index contributed by atoms with van der Waals surface area (Å²) in [4.78, 5) is 20.3. The number of nitro benzene ring substituents is 2. The number of rotatable bonds is 5. The molecule has 2 aromatic rings. The second-order valence-electron chi connectivity index (χ2n) is 5.20. The Morgan fingerprint density at radius 2 is 1.15 bits per heavy atom. The molecule has 0 aromatic heterocycles. The standard InChI is InChI=1S/C16H14N4O6/c17-13(7-9-5-11(19(23)24)1-3-15(9)21)14(18)8-10-6-12(20(25)26)2-4-16(10)22/h1-8,21-22H,17-18H2. The van der Waals surface area contributed by atoms with Gasteiger partial charge >= 0.3 is 0 Å². The first-order valence-corrected chi connectivity index (χ1v) is 7.08. The summed E-state index contributed by atoms with van der Waals surface area (Å²) in [7, 11) is 0. The number of hydrogen-bond acceptors (Lipinski definition) is 8. The normalized spacial score (nSPS) is 12.0. The molecular formula is C16H14N4O6. The third-order valence-electron chi connectivity index (χ3n) is 3.40. The highest BCUT2D eigenvalue weighted by molar-refractivity contribution is 5.70. The number of aromatic hydroxyl groups is 2. The van der Waals surface area contributed by atoms with Crippen LogP contribution in [0, 0.1) is 20.2 Å². The van der Waals surface area contributed by atoms with Gasteiger partial charge in [-0.15, -0.1) is 0 Å². The highest BCUT2D eigenvalue weighted by atomic mass is 16.6. The van der Waals surface area contributed by atoms with Gasteiger partial charge in [-0.2, -0.15) is 0 Å². The molecule has 10 heteroatoms. The van der Waals surface area contributed by atoms with Crippen LogP contribution in [0.3, 0.4) is 0 Å². The van der Waals surface area contributed by atoms with Gasteiger partial charge in [-0.1, -0.05) is 0 Å². The van der Waals surface area contributed by atoms with Crippen molar-refractivity contribution >= 4 is 23.5 Å². The van der Waals surface area contributed by atoms with Gasteiger partial charge in [0.25, 0.3) is 11.4 Å². The summed E-state index contributed by atoms with van der Waals surface area (Å²) < 4.78 is 0. The molecule has 0 unspecified atom stereocenters. The maximum absolute atomic E-state index is 10.8. The fraction of sp³-hybridized carbons (Fsp3) is 0. The molecule has 134 valence electrons. The van der Waals surface area contributed by atoms with Crippen LogP contribution < -0.4 is 11.5 Å². The van der Waals surface area contributed by atoms with Crippen LogP contribution in [0.5, 0.6) is 11.5 Å². The molecule has 2 aromatic carbocycles. The quantitative estimate of drug-likeness (QED) is 0.356. The van der Waals surface area contributed by atoms with Gasteiger partial charge in [-0.05, 0) is 24.3 Å². The van der Waals surface area contributed by atoms with E-state index in [0.29, 0.717) is 0 Å². The minimum absolute atomic E-state index is 0.0632. The number of non-ortho nitro benzene ring substituents is 2. The molecule has 0 radical (unpaired) electrons. The second kappa shape index (κ2) is 7.21. The number of phenolic OH excluding ortho intramolecular Hbond substituents is 2. The van der Waals surface area contributed by atoms with E-state index in [9.17, 15) is 30.4 Å². The van der Waals surface area contributed by atoms with Crippen LogP contribution in [0.25, 0.3) is 12.2 Å². The first-order valence-electron chi connectivity index (χ1n) is 7.08. The molecule has 0 aliphatic heterocycles. The van der Waals surface area contributed by atoms with Crippen molar-refractivity contribution in [2.75, 3.05) is 0 Å². The van der Waals surface area contributed by atoms with Gasteiger partial charge in [0.15, 0.2) is 0 Å². The Labute approximate surface area is 146 Å². The number of nitrogens with two attached hydrogens (primary N) is 2. The van der Waals surface area contributed by atoms with Crippen molar-refractivity contribution in [3.8, 4) is 11.5 Å². The lowest BCUT2D eigenvalue weighted by molar-refractivity contribution is -0.385. The Bertz CT molecular complexity index is 874. The SMILES string of the molecule is NC(=Cc1cc([N+](=O)[O-])ccc1O)C(N)=Cc1cc([N+](=O)[O-])ccc1O. The molecule has 6 N–H and O–H groups in total. The van der Waals surface area contributed by atoms with E-state index in [1.54, 1.807) is 0 Å². The average Bonchev–Trinajstić information content (AvgIpc) is 2.58. The van der Waals surface area contributed by atoms with Crippen LogP contribution >= 0.6 is 0 Å². The van der Waals surface area contributed by atoms with Gasteiger partial charge in [0.05, 0.1) is 21.2 Å². The molecule has 0 aliphatic carbocycles. The average molecular weight is 358 g/mol. The lowest BCUT2D eigenvalue weighted by atomic mass is 10.1. The van der Waals surface area contributed by atoms with Crippen molar-refractivity contribution in [3.63, 3.8) is 0 Å². The molecule has 2 rings (SSSR count). The minimum Gasteiger partial charge on any atom is -0.507 e. The summed E-state index contributed by atoms with van der Waals surface area (Å²) in [5.41, 5.74) is 11.1. The summed E-state index contributed by atoms with van der Waals surface area (Å²) >= 11 is 0. The topological polar surface area (TPSA) is 179 Å². The third-order valence-corrected chi connectivity index (χ3v) is 3.40. The monoisotopic (exact) mass is 358 g/mol. The van der Waals surface area contributed by atoms with Gasteiger partial charge in [-0.3, -0.25) is 20.2 Å². The van der Waals surface area contributed by atoms with Crippen molar-refractivity contribution in [1.29, 1.82) is 0 Å². The van der Waals surface area contributed by atoms with Gasteiger partial charge in [0, 0.05) is 35.4 Å². The van der Waals surface area contributed by atoms with Crippen LogP contribution in [0.15, 0.2) is 47.8 Å². The Kier molecular flexibility index (Phi) is 5.07. The Morgan fingerprint density at radius 1 is 0.808 bits per heavy atom. The zero-order chi connectivity index (χ0) is 19.4. The van der Waals surface area contributed by atoms with E-state index >= 15 is 0 Å². The fourth-order valence-electron chi connectivity index (χ4n) is 2.04. The zero-order valence-corrected chi connectivity index (χ0v) is 13.2. The van der Waals surface area contributed by atoms with Gasteiger partial charge in [-0.25, -0.2) is 0 Å². The predicted octanol–water partition coefficient (Wildman–Crippen LogP) is 2.21. The predicted molar refractivity (Wildman–Crippen MR) is 93.9 cm³/mol. The first-order chi connectivity index (χ1) is 12.2. The third kappa shape index (κ3) is 4.06. The molecule has 0 heterocycles. The van der Waals surface area contributed by atoms with Crippen LogP contribution in [0.4, 0.5) is 11.4 Å². The van der Waals surface area contributed by atoms with Crippen molar-refractivity contribution in [2.24, 2.45) is 11.5 Å². The molecule has 0 spiro atoms. The minimum atomic E-state index is -0.632. The van der Waals surface area contributed by atoms with Crippen molar-refractivity contribution in [1.82, 2.24) is 0 Å². The van der Waals surface area contributed by atoms with E-state index in [0.717, 1.165) is 36.4 Å². The Hall–Kier alpha value is -4.08. The van der Waals surface area contributed by atoms with Crippen molar-refractivity contribution in [2.45, 2.75) is 0 Å². The molecule has 0 atom stereocenters. The summed E-state index contributed by atoms with van der Waals surface area (Å²) in [6.07, 6.45) is 2.42. The van der Waals surface area contributed by atoms with Crippen LogP contribution in [0.2, 0.25) is 0 Å². The smallest absolute Gasteiger partial charge is 0.270 e. The first kappa shape index (κ1) is 18.3. The van der Waals surface area contributed by atoms with E-state index in [4.69, 9.17) is 11.5 Å². The maximum atomic E-state index is 10.8. The van der Waals surface area contributed by atoms with E-state index in [-0.39, 0.29) is 45.4 Å². The molecule has 0 saturated heterocycles. The molecule has 0 fully saturated rings. The lowest BCUT2D eigenvalue weighted by Crippen LogP contribution is -2.09. The molecule has 26 heavy (non-hydrogen) atoms. The van der Waals surface area contributed by atoms with Crippen molar-refractivity contribution in [3.05, 3.63) is 79.1 Å². The van der Waals surface area contributed by atoms with E-state index in [1.165, 1.54) is 12.2 Å². The molecule has 0 aliphatic rings. The fourth-order valence-corrected chi connectivity index (χ4v) is 2.04. The highest BCUT2D eigenvalue weighted by Gasteiger charge is 2.11. The molecule has 10 nitrogen and oxygen atoms in total. The lowest BCUT2D eigenvalue weighted by Gasteiger charge is -2.05. The zero-order valence-electron chi connectivity index (χ0n) is 13.2. The largest absolute Gasteiger partial charge is 0.507 e. The maximum Gasteiger partial charge on any atom is 0.270 e. The van der Waals surface area contributed by atoms with Gasteiger partial charge in [0.1, 0.15) is 11.5 Å². The molecule has 0 bridgehead atoms. The van der Waals surface area contributed by atoms with E-state index in [2.05, 4.69) is 0 Å². The van der Waals surface area contributed by atoms with Crippen LogP contribution in [-0.2, 0) is 0 Å². The van der Waals surface area contributed by atoms with Crippen molar-refractivity contribution < 1.29 is 20.1 Å². The van der Waals surface area contributed by atoms with Gasteiger partial charge in [0.2, 0.25) is 0 Å². The number of benzene rings is 2. The van der Waals surface area contributed by atoms with E-state index in [1.807, 2.05) is 0 Å². The second-order valence-corrected chi connectivity index (χ2v) is 5.20. The van der Waals surface area contributed by atoms with Gasteiger partial charge < -0.3 is 21.7 Å². The summed E-state index contributed by atoms with van der Waals surface area (Å²) in [6, 6.07) is 6.76.